The molecule has 2 N–H and O–H groups in total. The molecule has 1 aromatic rings. The first-order chi connectivity index (χ1) is 7.79. The average Bonchev–Trinajstić information content (AvgIpc) is 2.30. The van der Waals surface area contributed by atoms with Crippen LogP contribution in [0.2, 0.25) is 0 Å². The van der Waals surface area contributed by atoms with Gasteiger partial charge in [0.1, 0.15) is 6.10 Å². The highest BCUT2D eigenvalue weighted by atomic mass is 16.5. The van der Waals surface area contributed by atoms with Crippen LogP contribution in [-0.4, -0.2) is 17.6 Å². The van der Waals surface area contributed by atoms with Crippen LogP contribution in [0.15, 0.2) is 18.3 Å². The number of hydrogen-bond acceptors (Lipinski definition) is 3. The van der Waals surface area contributed by atoms with E-state index in [-0.39, 0.29) is 6.10 Å². The average molecular weight is 220 g/mol. The first-order valence-electron chi connectivity index (χ1n) is 6.09. The number of nitrogens with zero attached hydrogens (tertiary/aromatic N) is 1. The molecule has 88 valence electrons. The van der Waals surface area contributed by atoms with Crippen molar-refractivity contribution in [2.75, 3.05) is 6.54 Å². The molecule has 3 heteroatoms. The SMILES string of the molecule is Cc1ccnc(OC2CCCCC2CN)c1. The van der Waals surface area contributed by atoms with Crippen LogP contribution in [0.4, 0.5) is 0 Å². The Morgan fingerprint density at radius 1 is 1.44 bits per heavy atom. The Kier molecular flexibility index (Phi) is 3.78. The van der Waals surface area contributed by atoms with Gasteiger partial charge in [-0.25, -0.2) is 4.98 Å². The number of rotatable bonds is 3. The molecule has 1 aromatic heterocycles. The Labute approximate surface area is 97.0 Å². The molecule has 0 spiro atoms. The van der Waals surface area contributed by atoms with E-state index in [9.17, 15) is 0 Å². The third-order valence-corrected chi connectivity index (χ3v) is 3.30. The Morgan fingerprint density at radius 3 is 3.00 bits per heavy atom. The first-order valence-corrected chi connectivity index (χ1v) is 6.09. The van der Waals surface area contributed by atoms with Gasteiger partial charge in [0.05, 0.1) is 0 Å². The van der Waals surface area contributed by atoms with Crippen molar-refractivity contribution in [1.29, 1.82) is 0 Å². The molecule has 0 bridgehead atoms. The van der Waals surface area contributed by atoms with Gasteiger partial charge in [0.15, 0.2) is 0 Å². The molecule has 1 saturated carbocycles. The molecule has 2 rings (SSSR count). The van der Waals surface area contributed by atoms with E-state index in [1.165, 1.54) is 24.8 Å². The van der Waals surface area contributed by atoms with E-state index >= 15 is 0 Å². The van der Waals surface area contributed by atoms with E-state index in [0.29, 0.717) is 5.92 Å². The molecule has 1 aliphatic rings. The number of pyridine rings is 1. The first kappa shape index (κ1) is 11.4. The van der Waals surface area contributed by atoms with E-state index in [1.54, 1.807) is 6.20 Å². The maximum absolute atomic E-state index is 5.95. The molecule has 0 radical (unpaired) electrons. The van der Waals surface area contributed by atoms with Gasteiger partial charge >= 0.3 is 0 Å². The number of hydrogen-bond donors (Lipinski definition) is 1. The maximum Gasteiger partial charge on any atom is 0.213 e. The molecular formula is C13H20N2O. The molecule has 0 aromatic carbocycles. The highest BCUT2D eigenvalue weighted by Crippen LogP contribution is 2.27. The maximum atomic E-state index is 5.95. The van der Waals surface area contributed by atoms with Gasteiger partial charge in [-0.05, 0) is 44.4 Å². The van der Waals surface area contributed by atoms with E-state index in [0.717, 1.165) is 18.8 Å². The fourth-order valence-electron chi connectivity index (χ4n) is 2.33. The second-order valence-electron chi connectivity index (χ2n) is 4.61. The summed E-state index contributed by atoms with van der Waals surface area (Å²) < 4.78 is 5.95. The van der Waals surface area contributed by atoms with Gasteiger partial charge in [-0.2, -0.15) is 0 Å². The number of ether oxygens (including phenoxy) is 1. The molecule has 1 fully saturated rings. The van der Waals surface area contributed by atoms with Crippen molar-refractivity contribution in [3.63, 3.8) is 0 Å². The lowest BCUT2D eigenvalue weighted by Gasteiger charge is -2.30. The van der Waals surface area contributed by atoms with Crippen LogP contribution in [0.25, 0.3) is 0 Å². The second kappa shape index (κ2) is 5.30. The van der Waals surface area contributed by atoms with Crippen LogP contribution in [0.3, 0.4) is 0 Å². The Bertz CT molecular complexity index is 340. The minimum Gasteiger partial charge on any atom is -0.474 e. The summed E-state index contributed by atoms with van der Waals surface area (Å²) >= 11 is 0. The highest BCUT2D eigenvalue weighted by Gasteiger charge is 2.25. The van der Waals surface area contributed by atoms with E-state index in [4.69, 9.17) is 10.5 Å². The summed E-state index contributed by atoms with van der Waals surface area (Å²) in [6.07, 6.45) is 6.87. The van der Waals surface area contributed by atoms with Gasteiger partial charge in [-0.3, -0.25) is 0 Å². The zero-order valence-corrected chi connectivity index (χ0v) is 9.86. The van der Waals surface area contributed by atoms with Crippen LogP contribution >= 0.6 is 0 Å². The number of aromatic nitrogens is 1. The van der Waals surface area contributed by atoms with Crippen molar-refractivity contribution >= 4 is 0 Å². The molecule has 1 aliphatic carbocycles. The predicted molar refractivity (Wildman–Crippen MR) is 64.4 cm³/mol. The predicted octanol–water partition coefficient (Wildman–Crippen LogP) is 2.29. The third kappa shape index (κ3) is 2.73. The highest BCUT2D eigenvalue weighted by molar-refractivity contribution is 5.19. The van der Waals surface area contributed by atoms with Gasteiger partial charge in [0.25, 0.3) is 0 Å². The van der Waals surface area contributed by atoms with Gasteiger partial charge in [-0.15, -0.1) is 0 Å². The summed E-state index contributed by atoms with van der Waals surface area (Å²) in [6, 6.07) is 3.97. The van der Waals surface area contributed by atoms with Gasteiger partial charge in [0, 0.05) is 18.2 Å². The summed E-state index contributed by atoms with van der Waals surface area (Å²) in [5, 5.41) is 0. The second-order valence-corrected chi connectivity index (χ2v) is 4.61. The van der Waals surface area contributed by atoms with Crippen LogP contribution in [0, 0.1) is 12.8 Å². The zero-order valence-electron chi connectivity index (χ0n) is 9.86. The van der Waals surface area contributed by atoms with Crippen molar-refractivity contribution in [2.24, 2.45) is 11.7 Å². The van der Waals surface area contributed by atoms with Crippen molar-refractivity contribution in [2.45, 2.75) is 38.7 Å². The molecule has 0 saturated heterocycles. The lowest BCUT2D eigenvalue weighted by Crippen LogP contribution is -2.35. The minimum atomic E-state index is 0.257. The summed E-state index contributed by atoms with van der Waals surface area (Å²) in [4.78, 5) is 4.24. The molecular weight excluding hydrogens is 200 g/mol. The molecule has 16 heavy (non-hydrogen) atoms. The summed E-state index contributed by atoms with van der Waals surface area (Å²) in [7, 11) is 0. The summed E-state index contributed by atoms with van der Waals surface area (Å²) in [5.41, 5.74) is 6.96. The van der Waals surface area contributed by atoms with Gasteiger partial charge in [-0.1, -0.05) is 6.42 Å². The van der Waals surface area contributed by atoms with Crippen molar-refractivity contribution < 1.29 is 4.74 Å². The molecule has 0 amide bonds. The fourth-order valence-corrected chi connectivity index (χ4v) is 2.33. The molecule has 0 aliphatic heterocycles. The smallest absolute Gasteiger partial charge is 0.213 e. The fraction of sp³-hybridized carbons (Fsp3) is 0.615. The van der Waals surface area contributed by atoms with Gasteiger partial charge in [0.2, 0.25) is 5.88 Å². The molecule has 1 heterocycles. The van der Waals surface area contributed by atoms with E-state index in [2.05, 4.69) is 11.9 Å². The molecule has 2 unspecified atom stereocenters. The van der Waals surface area contributed by atoms with Crippen LogP contribution in [-0.2, 0) is 0 Å². The van der Waals surface area contributed by atoms with Crippen molar-refractivity contribution in [3.8, 4) is 5.88 Å². The Hall–Kier alpha value is -1.09. The van der Waals surface area contributed by atoms with Crippen LogP contribution < -0.4 is 10.5 Å². The lowest BCUT2D eigenvalue weighted by atomic mass is 9.86. The Balaban J connectivity index is 2.02. The lowest BCUT2D eigenvalue weighted by molar-refractivity contribution is 0.0922. The van der Waals surface area contributed by atoms with Gasteiger partial charge < -0.3 is 10.5 Å². The normalized spacial score (nSPS) is 25.4. The summed E-state index contributed by atoms with van der Waals surface area (Å²) in [6.45, 7) is 2.77. The largest absolute Gasteiger partial charge is 0.474 e. The zero-order chi connectivity index (χ0) is 11.4. The quantitative estimate of drug-likeness (QED) is 0.850. The minimum absolute atomic E-state index is 0.257. The molecule has 3 nitrogen and oxygen atoms in total. The topological polar surface area (TPSA) is 48.1 Å². The molecule has 2 atom stereocenters. The van der Waals surface area contributed by atoms with Crippen LogP contribution in [0.1, 0.15) is 31.2 Å². The number of aryl methyl sites for hydroxylation is 1. The third-order valence-electron chi connectivity index (χ3n) is 3.30. The van der Waals surface area contributed by atoms with Crippen molar-refractivity contribution in [3.05, 3.63) is 23.9 Å². The monoisotopic (exact) mass is 220 g/mol. The van der Waals surface area contributed by atoms with E-state index in [1.807, 2.05) is 12.1 Å². The Morgan fingerprint density at radius 2 is 2.25 bits per heavy atom. The van der Waals surface area contributed by atoms with Crippen molar-refractivity contribution in [1.82, 2.24) is 4.98 Å². The number of nitrogens with two attached hydrogens (primary N) is 1. The van der Waals surface area contributed by atoms with Crippen LogP contribution in [0.5, 0.6) is 5.88 Å². The standard InChI is InChI=1S/C13H20N2O/c1-10-6-7-15-13(8-10)16-12-5-3-2-4-11(12)9-14/h6-8,11-12H,2-5,9,14H2,1H3. The summed E-state index contributed by atoms with van der Waals surface area (Å²) in [5.74, 6) is 1.24. The van der Waals surface area contributed by atoms with E-state index < -0.39 is 0 Å².